The Morgan fingerprint density at radius 1 is 1.29 bits per heavy atom. The Morgan fingerprint density at radius 3 is 2.29 bits per heavy atom. The van der Waals surface area contributed by atoms with Crippen LogP contribution in [-0.2, 0) is 14.9 Å². The molecular formula is C9H9O4S. The van der Waals surface area contributed by atoms with E-state index in [0.717, 1.165) is 0 Å². The summed E-state index contributed by atoms with van der Waals surface area (Å²) in [4.78, 5) is 10.1. The lowest BCUT2D eigenvalue weighted by atomic mass is 10.1. The van der Waals surface area contributed by atoms with Crippen LogP contribution in [0.1, 0.15) is 17.2 Å². The summed E-state index contributed by atoms with van der Waals surface area (Å²) in [7, 11) is -4.24. The summed E-state index contributed by atoms with van der Waals surface area (Å²) < 4.78 is 30.7. The van der Waals surface area contributed by atoms with Gasteiger partial charge in [-0.1, -0.05) is 30.3 Å². The molecule has 0 fully saturated rings. The van der Waals surface area contributed by atoms with Crippen molar-refractivity contribution in [1.82, 2.24) is 0 Å². The van der Waals surface area contributed by atoms with Crippen LogP contribution in [0.15, 0.2) is 30.3 Å². The Hall–Kier alpha value is -1.20. The Kier molecular flexibility index (Phi) is 3.38. The molecule has 0 saturated heterocycles. The smallest absolute Gasteiger partial charge is 0.272 e. The number of hydrogen-bond acceptors (Lipinski definition) is 3. The van der Waals surface area contributed by atoms with Gasteiger partial charge < -0.3 is 0 Å². The molecule has 0 heterocycles. The summed E-state index contributed by atoms with van der Waals surface area (Å²) in [5.41, 5.74) is 0.387. The Labute approximate surface area is 82.3 Å². The highest BCUT2D eigenvalue weighted by atomic mass is 32.2. The second-order valence-corrected chi connectivity index (χ2v) is 4.36. The van der Waals surface area contributed by atoms with Crippen molar-refractivity contribution in [2.45, 2.75) is 11.7 Å². The summed E-state index contributed by atoms with van der Waals surface area (Å²) in [6.45, 7) is 0. The maximum Gasteiger partial charge on any atom is 0.272 e. The third kappa shape index (κ3) is 2.65. The number of carbonyl (C=O) groups excluding carboxylic acids is 1. The van der Waals surface area contributed by atoms with E-state index in [1.54, 1.807) is 18.2 Å². The maximum atomic E-state index is 10.9. The fraction of sp³-hybridized carbons (Fsp3) is 0.222. The number of benzene rings is 1. The maximum absolute atomic E-state index is 10.9. The zero-order valence-corrected chi connectivity index (χ0v) is 8.07. The summed E-state index contributed by atoms with van der Waals surface area (Å²) in [5, 5.41) is -1.21. The van der Waals surface area contributed by atoms with Crippen molar-refractivity contribution in [3.05, 3.63) is 35.9 Å². The predicted octanol–water partition coefficient (Wildman–Crippen LogP) is 1.12. The van der Waals surface area contributed by atoms with E-state index in [9.17, 15) is 13.2 Å². The molecule has 1 atom stereocenters. The van der Waals surface area contributed by atoms with Crippen molar-refractivity contribution in [1.29, 1.82) is 0 Å². The van der Waals surface area contributed by atoms with Crippen LogP contribution >= 0.6 is 0 Å². The van der Waals surface area contributed by atoms with Crippen LogP contribution in [0.25, 0.3) is 0 Å². The molecule has 0 aliphatic rings. The average molecular weight is 213 g/mol. The van der Waals surface area contributed by atoms with Crippen molar-refractivity contribution in [3.63, 3.8) is 0 Å². The fourth-order valence-electron chi connectivity index (χ4n) is 1.14. The number of rotatable bonds is 4. The van der Waals surface area contributed by atoms with Crippen LogP contribution in [0.5, 0.6) is 0 Å². The molecule has 0 amide bonds. The van der Waals surface area contributed by atoms with Crippen LogP contribution in [-0.4, -0.2) is 19.3 Å². The second-order valence-electron chi connectivity index (χ2n) is 2.76. The Bertz CT molecular complexity index is 396. The first-order valence-corrected chi connectivity index (χ1v) is 5.42. The first-order chi connectivity index (χ1) is 6.55. The van der Waals surface area contributed by atoms with Crippen LogP contribution in [0.4, 0.5) is 0 Å². The molecule has 4 nitrogen and oxygen atoms in total. The summed E-state index contributed by atoms with van der Waals surface area (Å²) in [6, 6.07) is 8.07. The van der Waals surface area contributed by atoms with Crippen molar-refractivity contribution in [2.24, 2.45) is 0 Å². The normalized spacial score (nSPS) is 13.5. The van der Waals surface area contributed by atoms with E-state index >= 15 is 0 Å². The molecule has 1 rings (SSSR count). The minimum Gasteiger partial charge on any atom is -0.291 e. The van der Waals surface area contributed by atoms with Gasteiger partial charge in [0.15, 0.2) is 6.29 Å². The van der Waals surface area contributed by atoms with Gasteiger partial charge in [-0.3, -0.25) is 9.35 Å². The summed E-state index contributed by atoms with van der Waals surface area (Å²) in [6.07, 6.45) is 1.13. The lowest BCUT2D eigenvalue weighted by Crippen LogP contribution is -2.12. The lowest BCUT2D eigenvalue weighted by molar-refractivity contribution is 0.467. The van der Waals surface area contributed by atoms with E-state index in [2.05, 4.69) is 0 Å². The highest BCUT2D eigenvalue weighted by molar-refractivity contribution is 7.86. The van der Waals surface area contributed by atoms with E-state index in [1.807, 2.05) is 0 Å². The van der Waals surface area contributed by atoms with Crippen molar-refractivity contribution in [3.8, 4) is 0 Å². The van der Waals surface area contributed by atoms with Crippen molar-refractivity contribution >= 4 is 16.4 Å². The predicted molar refractivity (Wildman–Crippen MR) is 51.0 cm³/mol. The SMILES string of the molecule is O=[C]CC(c1ccccc1)S(=O)(=O)O. The molecule has 0 aliphatic carbocycles. The van der Waals surface area contributed by atoms with Gasteiger partial charge in [-0.25, -0.2) is 0 Å². The van der Waals surface area contributed by atoms with Gasteiger partial charge in [-0.2, -0.15) is 8.42 Å². The third-order valence-electron chi connectivity index (χ3n) is 1.80. The van der Waals surface area contributed by atoms with E-state index in [4.69, 9.17) is 4.55 Å². The van der Waals surface area contributed by atoms with E-state index in [1.165, 1.54) is 18.4 Å². The molecule has 0 saturated carbocycles. The molecule has 1 N–H and O–H groups in total. The largest absolute Gasteiger partial charge is 0.291 e. The summed E-state index contributed by atoms with van der Waals surface area (Å²) >= 11 is 0. The van der Waals surface area contributed by atoms with Crippen LogP contribution in [0.2, 0.25) is 0 Å². The lowest BCUT2D eigenvalue weighted by Gasteiger charge is -2.09. The van der Waals surface area contributed by atoms with Gasteiger partial charge in [-0.15, -0.1) is 0 Å². The Balaban J connectivity index is 3.07. The van der Waals surface area contributed by atoms with Crippen LogP contribution in [0, 0.1) is 0 Å². The monoisotopic (exact) mass is 213 g/mol. The molecule has 0 aliphatic heterocycles. The second kappa shape index (κ2) is 4.34. The van der Waals surface area contributed by atoms with Crippen LogP contribution in [0.3, 0.4) is 0 Å². The van der Waals surface area contributed by atoms with Gasteiger partial charge in [0.05, 0.1) is 0 Å². The van der Waals surface area contributed by atoms with Gasteiger partial charge in [0.25, 0.3) is 10.1 Å². The quantitative estimate of drug-likeness (QED) is 0.760. The molecule has 1 radical (unpaired) electrons. The zero-order chi connectivity index (χ0) is 10.6. The van der Waals surface area contributed by atoms with Gasteiger partial charge in [-0.05, 0) is 5.56 Å². The van der Waals surface area contributed by atoms with Gasteiger partial charge in [0.1, 0.15) is 5.25 Å². The third-order valence-corrected chi connectivity index (χ3v) is 2.96. The molecule has 14 heavy (non-hydrogen) atoms. The molecule has 0 bridgehead atoms. The molecule has 1 aromatic carbocycles. The molecule has 0 aromatic heterocycles. The first kappa shape index (κ1) is 10.9. The van der Waals surface area contributed by atoms with E-state index < -0.39 is 15.4 Å². The van der Waals surface area contributed by atoms with Gasteiger partial charge in [0.2, 0.25) is 0 Å². The molecule has 1 unspecified atom stereocenters. The highest BCUT2D eigenvalue weighted by Gasteiger charge is 2.24. The highest BCUT2D eigenvalue weighted by Crippen LogP contribution is 2.23. The van der Waals surface area contributed by atoms with Crippen molar-refractivity contribution < 1.29 is 17.8 Å². The fourth-order valence-corrected chi connectivity index (χ4v) is 1.92. The summed E-state index contributed by atoms with van der Waals surface area (Å²) in [5.74, 6) is 0. The van der Waals surface area contributed by atoms with E-state index in [0.29, 0.717) is 5.56 Å². The molecule has 1 aromatic rings. The average Bonchev–Trinajstić information content (AvgIpc) is 2.14. The Morgan fingerprint density at radius 2 is 1.86 bits per heavy atom. The molecule has 5 heteroatoms. The molecular weight excluding hydrogens is 204 g/mol. The minimum absolute atomic E-state index is 0.358. The van der Waals surface area contributed by atoms with E-state index in [-0.39, 0.29) is 6.42 Å². The van der Waals surface area contributed by atoms with Crippen molar-refractivity contribution in [2.75, 3.05) is 0 Å². The minimum atomic E-state index is -4.24. The number of hydrogen-bond donors (Lipinski definition) is 1. The topological polar surface area (TPSA) is 71.4 Å². The van der Waals surface area contributed by atoms with Gasteiger partial charge in [0, 0.05) is 6.42 Å². The van der Waals surface area contributed by atoms with Crippen LogP contribution < -0.4 is 0 Å². The zero-order valence-electron chi connectivity index (χ0n) is 7.25. The molecule has 0 spiro atoms. The standard InChI is InChI=1S/C9H9O4S/c10-7-6-9(14(11,12)13)8-4-2-1-3-5-8/h1-5,9H,6H2,(H,11,12,13). The first-order valence-electron chi connectivity index (χ1n) is 3.92. The van der Waals surface area contributed by atoms with Gasteiger partial charge >= 0.3 is 0 Å². The molecule has 75 valence electrons.